The second kappa shape index (κ2) is 6.11. The predicted octanol–water partition coefficient (Wildman–Crippen LogP) is 2.18. The molecule has 1 atom stereocenters. The number of hydrogen-bond donors (Lipinski definition) is 1. The Bertz CT molecular complexity index is 564. The van der Waals surface area contributed by atoms with Crippen LogP contribution in [-0.4, -0.2) is 30.4 Å². The van der Waals surface area contributed by atoms with Crippen molar-refractivity contribution in [2.45, 2.75) is 32.7 Å². The maximum atomic E-state index is 12.6. The highest BCUT2D eigenvalue weighted by Gasteiger charge is 2.33. The summed E-state index contributed by atoms with van der Waals surface area (Å²) in [6.45, 7) is 4.42. The van der Waals surface area contributed by atoms with E-state index in [-0.39, 0.29) is 5.91 Å². The average Bonchev–Trinajstić information content (AvgIpc) is 3.28. The number of carbonyl (C=O) groups excluding carboxylic acids is 1. The molecule has 0 bridgehead atoms. The first-order valence-electron chi connectivity index (χ1n) is 7.11. The minimum Gasteiger partial charge on any atom is -0.339 e. The summed E-state index contributed by atoms with van der Waals surface area (Å²) in [5.41, 5.74) is 7.96. The number of nitrogens with two attached hydrogens (primary N) is 1. The van der Waals surface area contributed by atoms with Crippen LogP contribution in [0.15, 0.2) is 18.2 Å². The molecule has 0 spiro atoms. The number of nitrogens with zero attached hydrogens (tertiary/aromatic N) is 1. The van der Waals surface area contributed by atoms with Crippen molar-refractivity contribution in [3.05, 3.63) is 34.9 Å². The lowest BCUT2D eigenvalue weighted by atomic mass is 10.0. The number of rotatable bonds is 3. The molecule has 0 saturated heterocycles. The van der Waals surface area contributed by atoms with Crippen molar-refractivity contribution in [1.29, 1.82) is 0 Å². The number of aryl methyl sites for hydroxylation is 1. The van der Waals surface area contributed by atoms with Crippen molar-refractivity contribution in [1.82, 2.24) is 4.90 Å². The molecule has 1 aromatic carbocycles. The van der Waals surface area contributed by atoms with Crippen LogP contribution >= 0.6 is 0 Å². The van der Waals surface area contributed by atoms with Crippen molar-refractivity contribution < 1.29 is 4.79 Å². The van der Waals surface area contributed by atoms with Gasteiger partial charge in [0.15, 0.2) is 0 Å². The number of benzene rings is 1. The first kappa shape index (κ1) is 14.6. The van der Waals surface area contributed by atoms with E-state index in [1.54, 1.807) is 0 Å². The molecule has 1 aromatic rings. The molecule has 1 unspecified atom stereocenters. The zero-order valence-electron chi connectivity index (χ0n) is 12.4. The molecule has 1 saturated carbocycles. The summed E-state index contributed by atoms with van der Waals surface area (Å²) in [6.07, 6.45) is 2.47. The minimum absolute atomic E-state index is 0.0818. The molecule has 3 nitrogen and oxygen atoms in total. The van der Waals surface area contributed by atoms with Crippen LogP contribution in [0.1, 0.15) is 41.3 Å². The second-order valence-corrected chi connectivity index (χ2v) is 5.53. The summed E-state index contributed by atoms with van der Waals surface area (Å²) in [5.74, 6) is 6.56. The van der Waals surface area contributed by atoms with Crippen LogP contribution in [0.25, 0.3) is 0 Å². The minimum atomic E-state index is 0.0818. The fourth-order valence-electron chi connectivity index (χ4n) is 2.35. The molecule has 0 aromatic heterocycles. The lowest BCUT2D eigenvalue weighted by Crippen LogP contribution is -2.36. The molecule has 0 radical (unpaired) electrons. The zero-order chi connectivity index (χ0) is 14.7. The summed E-state index contributed by atoms with van der Waals surface area (Å²) < 4.78 is 0. The fourth-order valence-corrected chi connectivity index (χ4v) is 2.35. The summed E-state index contributed by atoms with van der Waals surface area (Å²) in [7, 11) is 1.89. The average molecular weight is 270 g/mol. The molecule has 1 aliphatic rings. The first-order chi connectivity index (χ1) is 9.54. The molecule has 1 aliphatic carbocycles. The summed E-state index contributed by atoms with van der Waals surface area (Å²) in [5, 5.41) is 0. The van der Waals surface area contributed by atoms with Gasteiger partial charge in [0.2, 0.25) is 0 Å². The van der Waals surface area contributed by atoms with Gasteiger partial charge in [-0.1, -0.05) is 17.9 Å². The van der Waals surface area contributed by atoms with E-state index in [4.69, 9.17) is 5.73 Å². The maximum Gasteiger partial charge on any atom is 0.254 e. The van der Waals surface area contributed by atoms with Crippen LogP contribution < -0.4 is 5.73 Å². The summed E-state index contributed by atoms with van der Waals surface area (Å²) in [4.78, 5) is 14.5. The van der Waals surface area contributed by atoms with Crippen molar-refractivity contribution in [3.8, 4) is 11.8 Å². The van der Waals surface area contributed by atoms with Gasteiger partial charge in [0.1, 0.15) is 0 Å². The van der Waals surface area contributed by atoms with Crippen molar-refractivity contribution in [2.75, 3.05) is 13.6 Å². The topological polar surface area (TPSA) is 46.3 Å². The predicted molar refractivity (Wildman–Crippen MR) is 81.4 cm³/mol. The van der Waals surface area contributed by atoms with Gasteiger partial charge >= 0.3 is 0 Å². The Morgan fingerprint density at radius 2 is 2.20 bits per heavy atom. The van der Waals surface area contributed by atoms with Gasteiger partial charge in [-0.3, -0.25) is 4.79 Å². The van der Waals surface area contributed by atoms with E-state index < -0.39 is 0 Å². The van der Waals surface area contributed by atoms with Crippen LogP contribution in [0.2, 0.25) is 0 Å². The van der Waals surface area contributed by atoms with E-state index in [1.807, 2.05) is 37.1 Å². The van der Waals surface area contributed by atoms with Crippen molar-refractivity contribution >= 4 is 5.91 Å². The van der Waals surface area contributed by atoms with Gasteiger partial charge in [-0.2, -0.15) is 0 Å². The van der Waals surface area contributed by atoms with Gasteiger partial charge in [-0.25, -0.2) is 0 Å². The smallest absolute Gasteiger partial charge is 0.254 e. The molecule has 20 heavy (non-hydrogen) atoms. The first-order valence-corrected chi connectivity index (χ1v) is 7.11. The summed E-state index contributed by atoms with van der Waals surface area (Å²) in [6, 6.07) is 6.06. The van der Waals surface area contributed by atoms with E-state index in [0.717, 1.165) is 16.7 Å². The van der Waals surface area contributed by atoms with Gasteiger partial charge in [0.25, 0.3) is 5.91 Å². The standard InChI is InChI=1S/C17H22N2O/c1-12-6-7-14(5-4-10-18)11-16(12)17(20)19(3)13(2)15-8-9-15/h6-7,11,13,15H,8-10,18H2,1-3H3. The van der Waals surface area contributed by atoms with E-state index in [9.17, 15) is 4.79 Å². The van der Waals surface area contributed by atoms with E-state index in [0.29, 0.717) is 18.5 Å². The third-order valence-corrected chi connectivity index (χ3v) is 4.04. The maximum absolute atomic E-state index is 12.6. The van der Waals surface area contributed by atoms with Crippen LogP contribution in [0.3, 0.4) is 0 Å². The quantitative estimate of drug-likeness (QED) is 0.856. The SMILES string of the molecule is Cc1ccc(C#CCN)cc1C(=O)N(C)C(C)C1CC1. The molecule has 2 rings (SSSR count). The van der Waals surface area contributed by atoms with Crippen LogP contribution in [0.4, 0.5) is 0 Å². The molecule has 106 valence electrons. The van der Waals surface area contributed by atoms with Gasteiger partial charge in [-0.15, -0.1) is 0 Å². The number of hydrogen-bond acceptors (Lipinski definition) is 2. The van der Waals surface area contributed by atoms with Gasteiger partial charge in [0.05, 0.1) is 6.54 Å². The monoisotopic (exact) mass is 270 g/mol. The Balaban J connectivity index is 2.23. The molecule has 0 aliphatic heterocycles. The Hall–Kier alpha value is -1.79. The Morgan fingerprint density at radius 1 is 1.50 bits per heavy atom. The molecule has 1 amide bonds. The van der Waals surface area contributed by atoms with Crippen molar-refractivity contribution in [2.24, 2.45) is 11.7 Å². The largest absolute Gasteiger partial charge is 0.339 e. The Morgan fingerprint density at radius 3 is 2.80 bits per heavy atom. The molecular formula is C17H22N2O. The molecule has 2 N–H and O–H groups in total. The van der Waals surface area contributed by atoms with Gasteiger partial charge in [0, 0.05) is 24.2 Å². The van der Waals surface area contributed by atoms with Crippen LogP contribution in [0, 0.1) is 24.7 Å². The molecule has 0 heterocycles. The van der Waals surface area contributed by atoms with Crippen LogP contribution in [-0.2, 0) is 0 Å². The highest BCUT2D eigenvalue weighted by Crippen LogP contribution is 2.35. The Labute approximate surface area is 121 Å². The number of carbonyl (C=O) groups is 1. The highest BCUT2D eigenvalue weighted by molar-refractivity contribution is 5.96. The Kier molecular flexibility index (Phi) is 4.46. The third-order valence-electron chi connectivity index (χ3n) is 4.04. The van der Waals surface area contributed by atoms with Gasteiger partial charge < -0.3 is 10.6 Å². The molecule has 1 fully saturated rings. The molecular weight excluding hydrogens is 248 g/mol. The van der Waals surface area contributed by atoms with Gasteiger partial charge in [-0.05, 0) is 50.3 Å². The number of amides is 1. The second-order valence-electron chi connectivity index (χ2n) is 5.53. The highest BCUT2D eigenvalue weighted by atomic mass is 16.2. The molecule has 3 heteroatoms. The summed E-state index contributed by atoms with van der Waals surface area (Å²) >= 11 is 0. The van der Waals surface area contributed by atoms with E-state index >= 15 is 0 Å². The third kappa shape index (κ3) is 3.20. The van der Waals surface area contributed by atoms with Crippen molar-refractivity contribution in [3.63, 3.8) is 0 Å². The van der Waals surface area contributed by atoms with E-state index in [2.05, 4.69) is 18.8 Å². The lowest BCUT2D eigenvalue weighted by molar-refractivity contribution is 0.0726. The lowest BCUT2D eigenvalue weighted by Gasteiger charge is -2.25. The van der Waals surface area contributed by atoms with E-state index in [1.165, 1.54) is 12.8 Å². The normalized spacial score (nSPS) is 15.2. The van der Waals surface area contributed by atoms with Crippen LogP contribution in [0.5, 0.6) is 0 Å². The fraction of sp³-hybridized carbons (Fsp3) is 0.471. The zero-order valence-corrected chi connectivity index (χ0v) is 12.4.